The van der Waals surface area contributed by atoms with Gasteiger partial charge in [0, 0.05) is 31.0 Å². The van der Waals surface area contributed by atoms with E-state index in [0.29, 0.717) is 12.4 Å². The average molecular weight is 385 g/mol. The molecule has 1 N–H and O–H groups in total. The SMILES string of the molecule is CCCCN(CC(=O)Nc1cc(C(C)(C)C)nn1C)C(=O)C(C)(C)CCl. The van der Waals surface area contributed by atoms with Crippen molar-refractivity contribution in [3.63, 3.8) is 0 Å². The zero-order chi connectivity index (χ0) is 20.1. The Balaban J connectivity index is 2.87. The second kappa shape index (κ2) is 8.89. The summed E-state index contributed by atoms with van der Waals surface area (Å²) in [5.74, 6) is 0.506. The topological polar surface area (TPSA) is 67.2 Å². The summed E-state index contributed by atoms with van der Waals surface area (Å²) in [6, 6.07) is 1.87. The first-order chi connectivity index (χ1) is 11.9. The van der Waals surface area contributed by atoms with Gasteiger partial charge in [-0.15, -0.1) is 11.6 Å². The fourth-order valence-electron chi connectivity index (χ4n) is 2.39. The van der Waals surface area contributed by atoms with E-state index >= 15 is 0 Å². The Hall–Kier alpha value is -1.56. The van der Waals surface area contributed by atoms with Gasteiger partial charge in [0.15, 0.2) is 0 Å². The first-order valence-electron chi connectivity index (χ1n) is 9.12. The minimum atomic E-state index is -0.693. The monoisotopic (exact) mass is 384 g/mol. The molecular weight excluding hydrogens is 352 g/mol. The van der Waals surface area contributed by atoms with Crippen molar-refractivity contribution in [2.24, 2.45) is 12.5 Å². The van der Waals surface area contributed by atoms with Gasteiger partial charge in [0.1, 0.15) is 5.82 Å². The van der Waals surface area contributed by atoms with Crippen LogP contribution in [-0.4, -0.2) is 45.5 Å². The molecule has 1 aromatic rings. The lowest BCUT2D eigenvalue weighted by Gasteiger charge is -2.30. The predicted molar refractivity (Wildman–Crippen MR) is 107 cm³/mol. The zero-order valence-electron chi connectivity index (χ0n) is 17.1. The maximum atomic E-state index is 12.7. The van der Waals surface area contributed by atoms with E-state index in [1.165, 1.54) is 0 Å². The number of amides is 2. The molecule has 0 aromatic carbocycles. The number of hydrogen-bond donors (Lipinski definition) is 1. The number of unbranched alkanes of at least 4 members (excludes halogenated alkanes) is 1. The molecule has 0 unspecified atom stereocenters. The Bertz CT molecular complexity index is 632. The van der Waals surface area contributed by atoms with Crippen molar-refractivity contribution in [3.8, 4) is 0 Å². The highest BCUT2D eigenvalue weighted by Crippen LogP contribution is 2.24. The van der Waals surface area contributed by atoms with Crippen LogP contribution in [0.3, 0.4) is 0 Å². The molecule has 0 bridgehead atoms. The van der Waals surface area contributed by atoms with Crippen molar-refractivity contribution >= 4 is 29.2 Å². The Morgan fingerprint density at radius 3 is 2.35 bits per heavy atom. The molecule has 0 aliphatic heterocycles. The third kappa shape index (κ3) is 6.01. The molecule has 1 aromatic heterocycles. The zero-order valence-corrected chi connectivity index (χ0v) is 17.9. The van der Waals surface area contributed by atoms with Crippen molar-refractivity contribution in [2.45, 2.75) is 59.8 Å². The molecule has 6 nitrogen and oxygen atoms in total. The number of carbonyl (C=O) groups excluding carboxylic acids is 2. The summed E-state index contributed by atoms with van der Waals surface area (Å²) in [7, 11) is 1.79. The molecule has 0 spiro atoms. The first-order valence-corrected chi connectivity index (χ1v) is 9.65. The number of aromatic nitrogens is 2. The third-order valence-corrected chi connectivity index (χ3v) is 4.90. The summed E-state index contributed by atoms with van der Waals surface area (Å²) in [6.07, 6.45) is 1.79. The minimum absolute atomic E-state index is 0.00911. The number of alkyl halides is 1. The standard InChI is InChI=1S/C19H33ClN4O2/c1-8-9-10-24(17(26)19(5,6)13-20)12-16(25)21-15-11-14(18(2,3)4)22-23(15)7/h11H,8-10,12-13H2,1-7H3,(H,21,25). The van der Waals surface area contributed by atoms with Gasteiger partial charge in [0.05, 0.1) is 17.7 Å². The summed E-state index contributed by atoms with van der Waals surface area (Å²) < 4.78 is 1.65. The Morgan fingerprint density at radius 1 is 1.27 bits per heavy atom. The third-order valence-electron chi connectivity index (χ3n) is 4.23. The Kier molecular flexibility index (Phi) is 7.69. The quantitative estimate of drug-likeness (QED) is 0.697. The van der Waals surface area contributed by atoms with Crippen LogP contribution in [0.2, 0.25) is 0 Å². The Labute approximate surface area is 162 Å². The number of anilines is 1. The molecule has 0 saturated carbocycles. The lowest BCUT2D eigenvalue weighted by atomic mass is 9.92. The summed E-state index contributed by atoms with van der Waals surface area (Å²) in [6.45, 7) is 12.4. The lowest BCUT2D eigenvalue weighted by Crippen LogP contribution is -2.46. The molecule has 1 rings (SSSR count). The highest BCUT2D eigenvalue weighted by Gasteiger charge is 2.32. The highest BCUT2D eigenvalue weighted by atomic mass is 35.5. The van der Waals surface area contributed by atoms with Crippen LogP contribution >= 0.6 is 11.6 Å². The van der Waals surface area contributed by atoms with Crippen molar-refractivity contribution in [3.05, 3.63) is 11.8 Å². The van der Waals surface area contributed by atoms with E-state index in [4.69, 9.17) is 11.6 Å². The van der Waals surface area contributed by atoms with Gasteiger partial charge in [-0.3, -0.25) is 14.3 Å². The van der Waals surface area contributed by atoms with Gasteiger partial charge in [-0.25, -0.2) is 0 Å². The van der Waals surface area contributed by atoms with Crippen LogP contribution in [-0.2, 0) is 22.1 Å². The number of carbonyl (C=O) groups is 2. The molecule has 0 fully saturated rings. The predicted octanol–water partition coefficient (Wildman–Crippen LogP) is 3.55. The van der Waals surface area contributed by atoms with E-state index in [0.717, 1.165) is 18.5 Å². The van der Waals surface area contributed by atoms with Gasteiger partial charge in [-0.1, -0.05) is 34.1 Å². The molecule has 0 aliphatic carbocycles. The smallest absolute Gasteiger partial charge is 0.245 e. The molecule has 1 heterocycles. The van der Waals surface area contributed by atoms with Crippen molar-refractivity contribution < 1.29 is 9.59 Å². The van der Waals surface area contributed by atoms with Gasteiger partial charge in [0.25, 0.3) is 0 Å². The summed E-state index contributed by atoms with van der Waals surface area (Å²) >= 11 is 5.94. The van der Waals surface area contributed by atoms with E-state index in [1.54, 1.807) is 30.5 Å². The second-order valence-electron chi connectivity index (χ2n) is 8.43. The number of nitrogens with one attached hydrogen (secondary N) is 1. The fraction of sp³-hybridized carbons (Fsp3) is 0.737. The molecule has 148 valence electrons. The molecule has 0 radical (unpaired) electrons. The van der Waals surface area contributed by atoms with Crippen LogP contribution in [0.25, 0.3) is 0 Å². The molecular formula is C19H33ClN4O2. The van der Waals surface area contributed by atoms with E-state index in [1.807, 2.05) is 6.07 Å². The van der Waals surface area contributed by atoms with Gasteiger partial charge in [-0.05, 0) is 20.3 Å². The van der Waals surface area contributed by atoms with Crippen LogP contribution in [0, 0.1) is 5.41 Å². The largest absolute Gasteiger partial charge is 0.333 e. The van der Waals surface area contributed by atoms with Crippen LogP contribution in [0.5, 0.6) is 0 Å². The van der Waals surface area contributed by atoms with Gasteiger partial charge in [-0.2, -0.15) is 5.10 Å². The van der Waals surface area contributed by atoms with E-state index in [9.17, 15) is 9.59 Å². The van der Waals surface area contributed by atoms with Crippen molar-refractivity contribution in [1.82, 2.24) is 14.7 Å². The second-order valence-corrected chi connectivity index (χ2v) is 8.70. The van der Waals surface area contributed by atoms with Gasteiger partial charge >= 0.3 is 0 Å². The summed E-state index contributed by atoms with van der Waals surface area (Å²) in [5.41, 5.74) is 0.105. The number of nitrogens with zero attached hydrogens (tertiary/aromatic N) is 3. The van der Waals surface area contributed by atoms with E-state index in [-0.39, 0.29) is 29.7 Å². The Morgan fingerprint density at radius 2 is 1.88 bits per heavy atom. The lowest BCUT2D eigenvalue weighted by molar-refractivity contribution is -0.141. The maximum absolute atomic E-state index is 12.7. The minimum Gasteiger partial charge on any atom is -0.333 e. The highest BCUT2D eigenvalue weighted by molar-refractivity contribution is 6.19. The van der Waals surface area contributed by atoms with Crippen molar-refractivity contribution in [2.75, 3.05) is 24.3 Å². The summed E-state index contributed by atoms with van der Waals surface area (Å²) in [5, 5.41) is 7.32. The molecule has 0 saturated heterocycles. The molecule has 0 aliphatic rings. The number of hydrogen-bond acceptors (Lipinski definition) is 3. The molecule has 26 heavy (non-hydrogen) atoms. The van der Waals surface area contributed by atoms with Gasteiger partial charge in [0.2, 0.25) is 11.8 Å². The number of rotatable bonds is 8. The number of aryl methyl sites for hydroxylation is 1. The average Bonchev–Trinajstić information content (AvgIpc) is 2.91. The van der Waals surface area contributed by atoms with Crippen LogP contribution in [0.4, 0.5) is 5.82 Å². The van der Waals surface area contributed by atoms with Crippen molar-refractivity contribution in [1.29, 1.82) is 0 Å². The molecule has 7 heteroatoms. The molecule has 2 amide bonds. The fourth-order valence-corrected chi connectivity index (χ4v) is 2.51. The number of halogens is 1. The van der Waals surface area contributed by atoms with E-state index < -0.39 is 5.41 Å². The summed E-state index contributed by atoms with van der Waals surface area (Å²) in [4.78, 5) is 26.9. The van der Waals surface area contributed by atoms with E-state index in [2.05, 4.69) is 38.1 Å². The van der Waals surface area contributed by atoms with Gasteiger partial charge < -0.3 is 10.2 Å². The first kappa shape index (κ1) is 22.5. The van der Waals surface area contributed by atoms with Crippen LogP contribution < -0.4 is 5.32 Å². The molecule has 0 atom stereocenters. The van der Waals surface area contributed by atoms with Crippen LogP contribution in [0.1, 0.15) is 60.1 Å². The normalized spacial score (nSPS) is 12.2. The van der Waals surface area contributed by atoms with Crippen LogP contribution in [0.15, 0.2) is 6.07 Å². The maximum Gasteiger partial charge on any atom is 0.245 e.